The Balaban J connectivity index is 1.80. The predicted molar refractivity (Wildman–Crippen MR) is 80.9 cm³/mol. The minimum absolute atomic E-state index is 0.564. The number of hydrogen-bond acceptors (Lipinski definition) is 4. The van der Waals surface area contributed by atoms with Gasteiger partial charge in [0.25, 0.3) is 0 Å². The van der Waals surface area contributed by atoms with Crippen LogP contribution in [0.4, 0.5) is 5.69 Å². The summed E-state index contributed by atoms with van der Waals surface area (Å²) < 4.78 is 10.8. The smallest absolute Gasteiger partial charge is 0.162 e. The lowest BCUT2D eigenvalue weighted by Gasteiger charge is -2.24. The Morgan fingerprint density at radius 2 is 1.85 bits per heavy atom. The second-order valence-electron chi connectivity index (χ2n) is 5.81. The Labute approximate surface area is 121 Å². The molecule has 4 heteroatoms. The van der Waals surface area contributed by atoms with E-state index in [1.165, 1.54) is 43.6 Å². The molecule has 2 aliphatic heterocycles. The number of fused-ring (bicyclic) bond motifs is 1. The summed E-state index contributed by atoms with van der Waals surface area (Å²) in [5, 5.41) is 3.73. The molecule has 1 aromatic rings. The zero-order chi connectivity index (χ0) is 14.1. The van der Waals surface area contributed by atoms with E-state index >= 15 is 0 Å². The van der Waals surface area contributed by atoms with Crippen LogP contribution in [0.2, 0.25) is 0 Å². The average molecular weight is 276 g/mol. The molecule has 1 N–H and O–H groups in total. The van der Waals surface area contributed by atoms with Gasteiger partial charge in [-0.3, -0.25) is 4.90 Å². The fourth-order valence-corrected chi connectivity index (χ4v) is 3.59. The van der Waals surface area contributed by atoms with E-state index in [2.05, 4.69) is 23.2 Å². The SMILES string of the molecule is COc1cc(C)c(NC2CCN3CCCC23)cc1OC. The molecule has 2 fully saturated rings. The van der Waals surface area contributed by atoms with Crippen LogP contribution in [0, 0.1) is 6.92 Å². The summed E-state index contributed by atoms with van der Waals surface area (Å²) in [6.07, 6.45) is 3.90. The van der Waals surface area contributed by atoms with Gasteiger partial charge in [0.2, 0.25) is 0 Å². The highest BCUT2D eigenvalue weighted by molar-refractivity contribution is 5.60. The van der Waals surface area contributed by atoms with Crippen molar-refractivity contribution in [1.29, 1.82) is 0 Å². The van der Waals surface area contributed by atoms with E-state index < -0.39 is 0 Å². The molecule has 0 aromatic heterocycles. The molecule has 0 amide bonds. The molecule has 0 radical (unpaired) electrons. The van der Waals surface area contributed by atoms with E-state index in [-0.39, 0.29) is 0 Å². The second-order valence-corrected chi connectivity index (χ2v) is 5.81. The molecule has 3 rings (SSSR count). The lowest BCUT2D eigenvalue weighted by Crippen LogP contribution is -2.33. The molecule has 2 heterocycles. The summed E-state index contributed by atoms with van der Waals surface area (Å²) in [7, 11) is 3.36. The standard InChI is InChI=1S/C16H24N2O2/c1-11-9-15(19-2)16(20-3)10-13(11)17-12-6-8-18-7-4-5-14(12)18/h9-10,12,14,17H,4-8H2,1-3H3. The Kier molecular flexibility index (Phi) is 3.74. The first-order valence-corrected chi connectivity index (χ1v) is 7.46. The van der Waals surface area contributed by atoms with Crippen molar-refractivity contribution in [2.75, 3.05) is 32.6 Å². The van der Waals surface area contributed by atoms with Crippen molar-refractivity contribution in [3.05, 3.63) is 17.7 Å². The third-order valence-corrected chi connectivity index (χ3v) is 4.68. The number of rotatable bonds is 4. The molecule has 2 unspecified atom stereocenters. The van der Waals surface area contributed by atoms with E-state index in [0.29, 0.717) is 12.1 Å². The molecule has 4 nitrogen and oxygen atoms in total. The Morgan fingerprint density at radius 3 is 2.60 bits per heavy atom. The lowest BCUT2D eigenvalue weighted by molar-refractivity contribution is 0.318. The molecule has 0 saturated carbocycles. The van der Waals surface area contributed by atoms with Gasteiger partial charge in [0.05, 0.1) is 14.2 Å². The topological polar surface area (TPSA) is 33.7 Å². The van der Waals surface area contributed by atoms with E-state index in [1.54, 1.807) is 14.2 Å². The number of methoxy groups -OCH3 is 2. The Morgan fingerprint density at radius 1 is 1.10 bits per heavy atom. The number of benzene rings is 1. The normalized spacial score (nSPS) is 25.6. The van der Waals surface area contributed by atoms with Gasteiger partial charge in [-0.15, -0.1) is 0 Å². The van der Waals surface area contributed by atoms with Crippen LogP contribution in [0.1, 0.15) is 24.8 Å². The van der Waals surface area contributed by atoms with E-state index in [0.717, 1.165) is 11.5 Å². The van der Waals surface area contributed by atoms with E-state index in [4.69, 9.17) is 9.47 Å². The van der Waals surface area contributed by atoms with Crippen LogP contribution in [0.15, 0.2) is 12.1 Å². The molecular weight excluding hydrogens is 252 g/mol. The van der Waals surface area contributed by atoms with Crippen LogP contribution in [-0.4, -0.2) is 44.3 Å². The minimum atomic E-state index is 0.564. The van der Waals surface area contributed by atoms with Gasteiger partial charge in [-0.05, 0) is 44.4 Å². The van der Waals surface area contributed by atoms with Gasteiger partial charge in [-0.25, -0.2) is 0 Å². The third-order valence-electron chi connectivity index (χ3n) is 4.68. The fraction of sp³-hybridized carbons (Fsp3) is 0.625. The second kappa shape index (κ2) is 5.52. The minimum Gasteiger partial charge on any atom is -0.493 e. The maximum Gasteiger partial charge on any atom is 0.162 e. The Bertz CT molecular complexity index is 490. The highest BCUT2D eigenvalue weighted by atomic mass is 16.5. The van der Waals surface area contributed by atoms with Crippen LogP contribution in [0.3, 0.4) is 0 Å². The van der Waals surface area contributed by atoms with E-state index in [9.17, 15) is 0 Å². The monoisotopic (exact) mass is 276 g/mol. The van der Waals surface area contributed by atoms with Gasteiger partial charge in [-0.2, -0.15) is 0 Å². The van der Waals surface area contributed by atoms with Crippen LogP contribution < -0.4 is 14.8 Å². The summed E-state index contributed by atoms with van der Waals surface area (Å²) in [6.45, 7) is 4.62. The molecule has 0 spiro atoms. The van der Waals surface area contributed by atoms with Crippen LogP contribution in [0.25, 0.3) is 0 Å². The molecule has 2 atom stereocenters. The Hall–Kier alpha value is -1.42. The van der Waals surface area contributed by atoms with Crippen molar-refractivity contribution in [2.45, 2.75) is 38.3 Å². The maximum absolute atomic E-state index is 5.41. The fourth-order valence-electron chi connectivity index (χ4n) is 3.59. The van der Waals surface area contributed by atoms with Gasteiger partial charge in [0, 0.05) is 30.4 Å². The van der Waals surface area contributed by atoms with Gasteiger partial charge in [0.15, 0.2) is 11.5 Å². The molecular formula is C16H24N2O2. The van der Waals surface area contributed by atoms with Crippen molar-refractivity contribution in [3.8, 4) is 11.5 Å². The van der Waals surface area contributed by atoms with Gasteiger partial charge in [0.1, 0.15) is 0 Å². The van der Waals surface area contributed by atoms with Crippen molar-refractivity contribution in [3.63, 3.8) is 0 Å². The number of anilines is 1. The van der Waals surface area contributed by atoms with Gasteiger partial charge >= 0.3 is 0 Å². The third kappa shape index (κ3) is 2.33. The van der Waals surface area contributed by atoms with Crippen LogP contribution in [-0.2, 0) is 0 Å². The molecule has 0 bridgehead atoms. The molecule has 0 aliphatic carbocycles. The quantitative estimate of drug-likeness (QED) is 0.916. The first-order valence-electron chi connectivity index (χ1n) is 7.46. The average Bonchev–Trinajstić information content (AvgIpc) is 3.05. The molecule has 2 saturated heterocycles. The largest absolute Gasteiger partial charge is 0.493 e. The van der Waals surface area contributed by atoms with Crippen molar-refractivity contribution >= 4 is 5.69 Å². The highest BCUT2D eigenvalue weighted by Gasteiger charge is 2.37. The zero-order valence-corrected chi connectivity index (χ0v) is 12.6. The van der Waals surface area contributed by atoms with Crippen molar-refractivity contribution in [1.82, 2.24) is 4.90 Å². The summed E-state index contributed by atoms with van der Waals surface area (Å²) in [5.74, 6) is 1.59. The molecule has 1 aromatic carbocycles. The van der Waals surface area contributed by atoms with Crippen molar-refractivity contribution in [2.24, 2.45) is 0 Å². The molecule has 2 aliphatic rings. The maximum atomic E-state index is 5.41. The summed E-state index contributed by atoms with van der Waals surface area (Å²) in [6, 6.07) is 5.38. The van der Waals surface area contributed by atoms with Gasteiger partial charge < -0.3 is 14.8 Å². The number of nitrogens with zero attached hydrogens (tertiary/aromatic N) is 1. The summed E-state index contributed by atoms with van der Waals surface area (Å²) >= 11 is 0. The number of hydrogen-bond donors (Lipinski definition) is 1. The number of ether oxygens (including phenoxy) is 2. The van der Waals surface area contributed by atoms with E-state index in [1.807, 2.05) is 6.07 Å². The van der Waals surface area contributed by atoms with Crippen LogP contribution >= 0.6 is 0 Å². The summed E-state index contributed by atoms with van der Waals surface area (Å²) in [4.78, 5) is 2.62. The van der Waals surface area contributed by atoms with Gasteiger partial charge in [-0.1, -0.05) is 0 Å². The van der Waals surface area contributed by atoms with Crippen molar-refractivity contribution < 1.29 is 9.47 Å². The molecule has 20 heavy (non-hydrogen) atoms. The number of aryl methyl sites for hydroxylation is 1. The first kappa shape index (κ1) is 13.6. The first-order chi connectivity index (χ1) is 9.72. The van der Waals surface area contributed by atoms with Crippen LogP contribution in [0.5, 0.6) is 11.5 Å². The zero-order valence-electron chi connectivity index (χ0n) is 12.6. The highest BCUT2D eigenvalue weighted by Crippen LogP contribution is 2.35. The number of nitrogens with one attached hydrogen (secondary N) is 1. The summed E-state index contributed by atoms with van der Waals surface area (Å²) in [5.41, 5.74) is 2.38. The lowest BCUT2D eigenvalue weighted by atomic mass is 10.1. The predicted octanol–water partition coefficient (Wildman–Crippen LogP) is 2.66. The molecule has 110 valence electrons.